The van der Waals surface area contributed by atoms with Crippen LogP contribution in [-0.2, 0) is 13.2 Å². The first-order chi connectivity index (χ1) is 16.0. The van der Waals surface area contributed by atoms with Crippen LogP contribution < -0.4 is 4.74 Å². The summed E-state index contributed by atoms with van der Waals surface area (Å²) in [5.74, 6) is 1.34. The Bertz CT molecular complexity index is 1250. The Morgan fingerprint density at radius 3 is 2.67 bits per heavy atom. The van der Waals surface area contributed by atoms with Crippen LogP contribution in [0.4, 0.5) is 0 Å². The summed E-state index contributed by atoms with van der Waals surface area (Å²) in [5.41, 5.74) is 3.39. The molecular weight excluding hydrogens is 438 g/mol. The van der Waals surface area contributed by atoms with E-state index in [0.717, 1.165) is 16.7 Å². The Labute approximate surface area is 197 Å². The predicted molar refractivity (Wildman–Crippen MR) is 127 cm³/mol. The molecule has 0 saturated heterocycles. The van der Waals surface area contributed by atoms with E-state index in [1.807, 2.05) is 68.4 Å². The van der Waals surface area contributed by atoms with Gasteiger partial charge in [-0.2, -0.15) is 4.98 Å². The monoisotopic (exact) mass is 461 g/mol. The molecule has 0 radical (unpaired) electrons. The standard InChI is InChI=1S/C26H24ClN3O3/c1-3-30(16-24-28-25(29-33-24)19-10-6-8-18(2)14-19)26(31)20-11-7-12-22(15-20)32-17-21-9-4-5-13-23(21)27/h4-15H,3,16-17H2,1-2H3. The lowest BCUT2D eigenvalue weighted by Gasteiger charge is -2.19. The van der Waals surface area contributed by atoms with E-state index in [2.05, 4.69) is 10.1 Å². The molecule has 0 fully saturated rings. The van der Waals surface area contributed by atoms with Crippen molar-refractivity contribution in [3.8, 4) is 17.1 Å². The first kappa shape index (κ1) is 22.6. The van der Waals surface area contributed by atoms with Gasteiger partial charge in [0.05, 0.1) is 0 Å². The van der Waals surface area contributed by atoms with Gasteiger partial charge in [0.1, 0.15) is 18.9 Å². The SMILES string of the molecule is CCN(Cc1nc(-c2cccc(C)c2)no1)C(=O)c1cccc(OCc2ccccc2Cl)c1. The highest BCUT2D eigenvalue weighted by atomic mass is 35.5. The minimum atomic E-state index is -0.143. The zero-order valence-corrected chi connectivity index (χ0v) is 19.2. The van der Waals surface area contributed by atoms with Crippen molar-refractivity contribution in [3.63, 3.8) is 0 Å². The molecule has 0 spiro atoms. The third-order valence-corrected chi connectivity index (χ3v) is 5.54. The van der Waals surface area contributed by atoms with Crippen LogP contribution in [0, 0.1) is 6.92 Å². The van der Waals surface area contributed by atoms with Crippen LogP contribution in [0.15, 0.2) is 77.3 Å². The summed E-state index contributed by atoms with van der Waals surface area (Å²) < 4.78 is 11.3. The molecule has 4 aromatic rings. The molecule has 0 saturated carbocycles. The van der Waals surface area contributed by atoms with Crippen LogP contribution in [-0.4, -0.2) is 27.5 Å². The van der Waals surface area contributed by atoms with Crippen molar-refractivity contribution in [2.75, 3.05) is 6.54 Å². The van der Waals surface area contributed by atoms with Crippen LogP contribution in [0.2, 0.25) is 5.02 Å². The number of aromatic nitrogens is 2. The van der Waals surface area contributed by atoms with Gasteiger partial charge in [-0.15, -0.1) is 0 Å². The number of rotatable bonds is 8. The van der Waals surface area contributed by atoms with E-state index >= 15 is 0 Å². The number of ether oxygens (including phenoxy) is 1. The molecule has 0 aliphatic carbocycles. The molecule has 0 N–H and O–H groups in total. The van der Waals surface area contributed by atoms with Gasteiger partial charge in [0.15, 0.2) is 0 Å². The maximum atomic E-state index is 13.1. The molecule has 3 aromatic carbocycles. The quantitative estimate of drug-likeness (QED) is 0.325. The first-order valence-corrected chi connectivity index (χ1v) is 11.1. The molecule has 0 unspecified atom stereocenters. The summed E-state index contributed by atoms with van der Waals surface area (Å²) in [7, 11) is 0. The molecule has 0 bridgehead atoms. The highest BCUT2D eigenvalue weighted by Crippen LogP contribution is 2.21. The summed E-state index contributed by atoms with van der Waals surface area (Å²) in [6.45, 7) is 4.95. The van der Waals surface area contributed by atoms with Gasteiger partial charge in [0.2, 0.25) is 11.7 Å². The second-order valence-electron chi connectivity index (χ2n) is 7.61. The van der Waals surface area contributed by atoms with E-state index in [1.54, 1.807) is 23.1 Å². The van der Waals surface area contributed by atoms with Crippen molar-refractivity contribution in [1.82, 2.24) is 15.0 Å². The normalized spacial score (nSPS) is 10.8. The van der Waals surface area contributed by atoms with Crippen molar-refractivity contribution in [2.45, 2.75) is 27.0 Å². The Balaban J connectivity index is 1.44. The fourth-order valence-corrected chi connectivity index (χ4v) is 3.58. The summed E-state index contributed by atoms with van der Waals surface area (Å²) >= 11 is 6.20. The lowest BCUT2D eigenvalue weighted by Crippen LogP contribution is -2.30. The molecule has 6 nitrogen and oxygen atoms in total. The van der Waals surface area contributed by atoms with Gasteiger partial charge in [-0.05, 0) is 44.2 Å². The molecule has 0 aliphatic rings. The highest BCUT2D eigenvalue weighted by Gasteiger charge is 2.19. The van der Waals surface area contributed by atoms with Crippen LogP contribution in [0.25, 0.3) is 11.4 Å². The van der Waals surface area contributed by atoms with Gasteiger partial charge in [0.25, 0.3) is 5.91 Å². The number of hydrogen-bond donors (Lipinski definition) is 0. The zero-order chi connectivity index (χ0) is 23.2. The van der Waals surface area contributed by atoms with Gasteiger partial charge in [-0.3, -0.25) is 4.79 Å². The lowest BCUT2D eigenvalue weighted by atomic mass is 10.1. The third-order valence-electron chi connectivity index (χ3n) is 5.17. The van der Waals surface area contributed by atoms with Gasteiger partial charge in [-0.1, -0.05) is 64.8 Å². The van der Waals surface area contributed by atoms with Gasteiger partial charge < -0.3 is 14.2 Å². The zero-order valence-electron chi connectivity index (χ0n) is 18.5. The molecule has 1 aromatic heterocycles. The topological polar surface area (TPSA) is 68.5 Å². The molecule has 0 atom stereocenters. The number of aryl methyl sites for hydroxylation is 1. The molecule has 4 rings (SSSR count). The number of carbonyl (C=O) groups is 1. The van der Waals surface area contributed by atoms with Crippen molar-refractivity contribution in [1.29, 1.82) is 0 Å². The number of hydrogen-bond acceptors (Lipinski definition) is 5. The van der Waals surface area contributed by atoms with Crippen molar-refractivity contribution in [2.24, 2.45) is 0 Å². The van der Waals surface area contributed by atoms with Gasteiger partial charge in [0, 0.05) is 28.3 Å². The van der Waals surface area contributed by atoms with Crippen LogP contribution >= 0.6 is 11.6 Å². The number of halogens is 1. The Hall–Kier alpha value is -3.64. The summed E-state index contributed by atoms with van der Waals surface area (Å²) in [6, 6.07) is 22.5. The molecule has 1 amide bonds. The lowest BCUT2D eigenvalue weighted by molar-refractivity contribution is 0.0734. The van der Waals surface area contributed by atoms with Crippen molar-refractivity contribution < 1.29 is 14.1 Å². The second kappa shape index (κ2) is 10.3. The molecule has 7 heteroatoms. The molecule has 168 valence electrons. The Morgan fingerprint density at radius 1 is 1.06 bits per heavy atom. The van der Waals surface area contributed by atoms with E-state index in [0.29, 0.717) is 41.2 Å². The first-order valence-electron chi connectivity index (χ1n) is 10.7. The summed E-state index contributed by atoms with van der Waals surface area (Å²) in [5, 5.41) is 4.71. The van der Waals surface area contributed by atoms with Crippen LogP contribution in [0.1, 0.15) is 34.3 Å². The molecular formula is C26H24ClN3O3. The second-order valence-corrected chi connectivity index (χ2v) is 8.02. The van der Waals surface area contributed by atoms with E-state index in [-0.39, 0.29) is 12.5 Å². The molecule has 0 aliphatic heterocycles. The number of nitrogens with zero attached hydrogens (tertiary/aromatic N) is 3. The van der Waals surface area contributed by atoms with E-state index in [9.17, 15) is 4.79 Å². The van der Waals surface area contributed by atoms with Crippen LogP contribution in [0.5, 0.6) is 5.75 Å². The average Bonchev–Trinajstić information content (AvgIpc) is 3.30. The Morgan fingerprint density at radius 2 is 1.88 bits per heavy atom. The number of amides is 1. The maximum Gasteiger partial charge on any atom is 0.254 e. The fourth-order valence-electron chi connectivity index (χ4n) is 3.39. The van der Waals surface area contributed by atoms with Crippen molar-refractivity contribution in [3.05, 3.63) is 100 Å². The Kier molecular flexibility index (Phi) is 7.05. The average molecular weight is 462 g/mol. The van der Waals surface area contributed by atoms with Crippen LogP contribution in [0.3, 0.4) is 0 Å². The highest BCUT2D eigenvalue weighted by molar-refractivity contribution is 6.31. The fraction of sp³-hybridized carbons (Fsp3) is 0.192. The largest absolute Gasteiger partial charge is 0.489 e. The van der Waals surface area contributed by atoms with Gasteiger partial charge >= 0.3 is 0 Å². The number of benzene rings is 3. The smallest absolute Gasteiger partial charge is 0.254 e. The number of carbonyl (C=O) groups excluding carboxylic acids is 1. The molecule has 1 heterocycles. The minimum absolute atomic E-state index is 0.143. The van der Waals surface area contributed by atoms with Crippen molar-refractivity contribution >= 4 is 17.5 Å². The van der Waals surface area contributed by atoms with E-state index in [4.69, 9.17) is 20.9 Å². The third kappa shape index (κ3) is 5.59. The summed E-state index contributed by atoms with van der Waals surface area (Å²) in [4.78, 5) is 19.3. The maximum absolute atomic E-state index is 13.1. The predicted octanol–water partition coefficient (Wildman–Crippen LogP) is 5.94. The molecule has 33 heavy (non-hydrogen) atoms. The summed E-state index contributed by atoms with van der Waals surface area (Å²) in [6.07, 6.45) is 0. The van der Waals surface area contributed by atoms with Gasteiger partial charge in [-0.25, -0.2) is 0 Å². The minimum Gasteiger partial charge on any atom is -0.489 e. The van der Waals surface area contributed by atoms with E-state index in [1.165, 1.54) is 0 Å². The van der Waals surface area contributed by atoms with E-state index < -0.39 is 0 Å².